The number of ether oxygens (including phenoxy) is 1. The van der Waals surface area contributed by atoms with E-state index < -0.39 is 0 Å². The Hall–Kier alpha value is -4.31. The van der Waals surface area contributed by atoms with E-state index in [9.17, 15) is 9.18 Å². The SMILES string of the molecule is CC(=O)Nc1cn2nc(-c3c(-c4ccc(F)cc4)nc4ccc(N5CCOCC5)cn34)ccc2n1. The zero-order valence-electron chi connectivity index (χ0n) is 19.0. The molecule has 1 saturated heterocycles. The molecule has 176 valence electrons. The summed E-state index contributed by atoms with van der Waals surface area (Å²) in [4.78, 5) is 23.0. The second-order valence-electron chi connectivity index (χ2n) is 8.36. The zero-order chi connectivity index (χ0) is 23.9. The Balaban J connectivity index is 1.54. The molecule has 0 atom stereocenters. The minimum absolute atomic E-state index is 0.204. The first-order valence-electron chi connectivity index (χ1n) is 11.3. The number of nitrogens with zero attached hydrogens (tertiary/aromatic N) is 6. The Morgan fingerprint density at radius 2 is 1.74 bits per heavy atom. The van der Waals surface area contributed by atoms with Crippen molar-refractivity contribution in [3.05, 3.63) is 66.7 Å². The quantitative estimate of drug-likeness (QED) is 0.431. The lowest BCUT2D eigenvalue weighted by molar-refractivity contribution is -0.114. The maximum atomic E-state index is 13.7. The van der Waals surface area contributed by atoms with Crippen LogP contribution in [0.1, 0.15) is 6.92 Å². The molecule has 1 aliphatic heterocycles. The van der Waals surface area contributed by atoms with E-state index in [1.165, 1.54) is 19.1 Å². The molecule has 0 aliphatic carbocycles. The van der Waals surface area contributed by atoms with Gasteiger partial charge < -0.3 is 15.0 Å². The van der Waals surface area contributed by atoms with Crippen LogP contribution in [-0.4, -0.2) is 56.2 Å². The number of imidazole rings is 2. The van der Waals surface area contributed by atoms with Gasteiger partial charge in [-0.1, -0.05) is 0 Å². The minimum Gasteiger partial charge on any atom is -0.378 e. The van der Waals surface area contributed by atoms with Crippen LogP contribution in [-0.2, 0) is 9.53 Å². The molecule has 1 N–H and O–H groups in total. The molecule has 0 saturated carbocycles. The molecule has 1 amide bonds. The van der Waals surface area contributed by atoms with E-state index in [2.05, 4.69) is 27.5 Å². The highest BCUT2D eigenvalue weighted by atomic mass is 19.1. The predicted molar refractivity (Wildman–Crippen MR) is 130 cm³/mol. The third-order valence-electron chi connectivity index (χ3n) is 5.96. The van der Waals surface area contributed by atoms with E-state index in [1.54, 1.807) is 22.8 Å². The van der Waals surface area contributed by atoms with E-state index in [-0.39, 0.29) is 11.7 Å². The third-order valence-corrected chi connectivity index (χ3v) is 5.96. The smallest absolute Gasteiger partial charge is 0.222 e. The summed E-state index contributed by atoms with van der Waals surface area (Å²) in [6.07, 6.45) is 3.72. The lowest BCUT2D eigenvalue weighted by Gasteiger charge is -2.28. The van der Waals surface area contributed by atoms with E-state index in [0.717, 1.165) is 35.7 Å². The van der Waals surface area contributed by atoms with Gasteiger partial charge in [0.1, 0.15) is 22.9 Å². The summed E-state index contributed by atoms with van der Waals surface area (Å²) in [5.74, 6) is -0.0876. The maximum absolute atomic E-state index is 13.7. The molecule has 5 heterocycles. The van der Waals surface area contributed by atoms with E-state index >= 15 is 0 Å². The molecule has 6 rings (SSSR count). The largest absolute Gasteiger partial charge is 0.378 e. The zero-order valence-corrected chi connectivity index (χ0v) is 19.0. The first kappa shape index (κ1) is 21.2. The molecule has 35 heavy (non-hydrogen) atoms. The highest BCUT2D eigenvalue weighted by molar-refractivity contribution is 5.88. The molecule has 5 aromatic rings. The molecule has 0 unspecified atom stereocenters. The number of hydrogen-bond acceptors (Lipinski definition) is 6. The Bertz CT molecular complexity index is 1550. The number of morpholine rings is 1. The highest BCUT2D eigenvalue weighted by Gasteiger charge is 2.20. The van der Waals surface area contributed by atoms with Crippen LogP contribution < -0.4 is 10.2 Å². The van der Waals surface area contributed by atoms with Crippen molar-refractivity contribution in [1.29, 1.82) is 0 Å². The minimum atomic E-state index is -0.308. The second kappa shape index (κ2) is 8.48. The van der Waals surface area contributed by atoms with Crippen molar-refractivity contribution in [3.8, 4) is 22.6 Å². The van der Waals surface area contributed by atoms with Crippen molar-refractivity contribution in [2.45, 2.75) is 6.92 Å². The lowest BCUT2D eigenvalue weighted by atomic mass is 10.1. The first-order valence-corrected chi connectivity index (χ1v) is 11.3. The molecule has 0 bridgehead atoms. The van der Waals surface area contributed by atoms with E-state index in [0.29, 0.717) is 36.1 Å². The fraction of sp³-hybridized carbons (Fsp3) is 0.200. The average molecular weight is 471 g/mol. The van der Waals surface area contributed by atoms with Crippen LogP contribution in [0.4, 0.5) is 15.9 Å². The number of rotatable bonds is 4. The second-order valence-corrected chi connectivity index (χ2v) is 8.36. The number of amides is 1. The number of aromatic nitrogens is 5. The molecular formula is C25H22FN7O2. The Kier molecular flexibility index (Phi) is 5.14. The summed E-state index contributed by atoms with van der Waals surface area (Å²) in [6, 6.07) is 14.0. The van der Waals surface area contributed by atoms with Gasteiger partial charge in [-0.25, -0.2) is 18.9 Å². The summed E-state index contributed by atoms with van der Waals surface area (Å²) in [7, 11) is 0. The summed E-state index contributed by atoms with van der Waals surface area (Å²) in [6.45, 7) is 4.43. The molecule has 0 radical (unpaired) electrons. The van der Waals surface area contributed by atoms with Gasteiger partial charge in [0.25, 0.3) is 0 Å². The van der Waals surface area contributed by atoms with Gasteiger partial charge in [-0.15, -0.1) is 0 Å². The van der Waals surface area contributed by atoms with Crippen molar-refractivity contribution in [3.63, 3.8) is 0 Å². The first-order chi connectivity index (χ1) is 17.0. The van der Waals surface area contributed by atoms with Crippen LogP contribution in [0.25, 0.3) is 33.9 Å². The van der Waals surface area contributed by atoms with Crippen LogP contribution in [0.15, 0.2) is 60.9 Å². The van der Waals surface area contributed by atoms with Gasteiger partial charge in [-0.05, 0) is 48.5 Å². The Labute approximate surface area is 199 Å². The number of halogens is 1. The van der Waals surface area contributed by atoms with E-state index in [1.807, 2.05) is 22.6 Å². The number of carbonyl (C=O) groups is 1. The molecule has 4 aromatic heterocycles. The standard InChI is InChI=1S/C25H22FN7O2/c1-16(34)27-21-15-33-23(28-21)9-7-20(30-33)25-24(17-2-4-18(26)5-3-17)29-22-8-6-19(14-32(22)25)31-10-12-35-13-11-31/h2-9,14-15H,10-13H2,1H3,(H,27,34). The van der Waals surface area contributed by atoms with Crippen LogP contribution in [0.2, 0.25) is 0 Å². The van der Waals surface area contributed by atoms with Gasteiger partial charge in [0.2, 0.25) is 5.91 Å². The number of pyridine rings is 1. The molecule has 1 aromatic carbocycles. The lowest BCUT2D eigenvalue weighted by Crippen LogP contribution is -2.36. The molecule has 10 heteroatoms. The van der Waals surface area contributed by atoms with Crippen LogP contribution in [0.3, 0.4) is 0 Å². The van der Waals surface area contributed by atoms with Crippen molar-refractivity contribution in [2.75, 3.05) is 36.5 Å². The normalized spacial score (nSPS) is 14.1. The molecular weight excluding hydrogens is 449 g/mol. The molecule has 1 aliphatic rings. The van der Waals surface area contributed by atoms with E-state index in [4.69, 9.17) is 14.8 Å². The summed E-state index contributed by atoms with van der Waals surface area (Å²) in [5.41, 5.74) is 5.32. The maximum Gasteiger partial charge on any atom is 0.222 e. The third kappa shape index (κ3) is 3.97. The number of nitrogens with one attached hydrogen (secondary N) is 1. The van der Waals surface area contributed by atoms with Crippen molar-refractivity contribution in [2.24, 2.45) is 0 Å². The Morgan fingerprint density at radius 1 is 0.971 bits per heavy atom. The number of fused-ring (bicyclic) bond motifs is 2. The highest BCUT2D eigenvalue weighted by Crippen LogP contribution is 2.33. The van der Waals surface area contributed by atoms with Gasteiger partial charge in [0, 0.05) is 31.8 Å². The summed E-state index contributed by atoms with van der Waals surface area (Å²) in [5, 5.41) is 7.46. The summed E-state index contributed by atoms with van der Waals surface area (Å²) < 4.78 is 22.8. The van der Waals surface area contributed by atoms with Gasteiger partial charge in [0.05, 0.1) is 30.8 Å². The number of benzene rings is 1. The van der Waals surface area contributed by atoms with Crippen LogP contribution in [0, 0.1) is 5.82 Å². The number of hydrogen-bond donors (Lipinski definition) is 1. The van der Waals surface area contributed by atoms with Crippen LogP contribution in [0.5, 0.6) is 0 Å². The van der Waals surface area contributed by atoms with Crippen LogP contribution >= 0.6 is 0 Å². The molecule has 1 fully saturated rings. The monoisotopic (exact) mass is 471 g/mol. The summed E-state index contributed by atoms with van der Waals surface area (Å²) >= 11 is 0. The number of anilines is 2. The predicted octanol–water partition coefficient (Wildman–Crippen LogP) is 3.65. The van der Waals surface area contributed by atoms with Gasteiger partial charge >= 0.3 is 0 Å². The fourth-order valence-corrected chi connectivity index (χ4v) is 4.34. The fourth-order valence-electron chi connectivity index (χ4n) is 4.34. The van der Waals surface area contributed by atoms with Gasteiger partial charge in [-0.2, -0.15) is 5.10 Å². The van der Waals surface area contributed by atoms with Crippen molar-refractivity contribution >= 4 is 28.7 Å². The van der Waals surface area contributed by atoms with Crippen molar-refractivity contribution in [1.82, 2.24) is 24.0 Å². The number of carbonyl (C=O) groups excluding carboxylic acids is 1. The van der Waals surface area contributed by atoms with Gasteiger partial charge in [-0.3, -0.25) is 9.20 Å². The molecule has 9 nitrogen and oxygen atoms in total. The molecule has 0 spiro atoms. The Morgan fingerprint density at radius 3 is 2.51 bits per heavy atom. The average Bonchev–Trinajstić information content (AvgIpc) is 3.44. The van der Waals surface area contributed by atoms with Gasteiger partial charge in [0.15, 0.2) is 11.5 Å². The topological polar surface area (TPSA) is 89.1 Å². The van der Waals surface area contributed by atoms with Crippen molar-refractivity contribution < 1.29 is 13.9 Å².